The first-order valence-electron chi connectivity index (χ1n) is 5.40. The van der Waals surface area contributed by atoms with Crippen LogP contribution in [-0.2, 0) is 14.2 Å². The van der Waals surface area contributed by atoms with Crippen LogP contribution in [0, 0.1) is 0 Å². The maximum atomic E-state index is 11.6. The van der Waals surface area contributed by atoms with Crippen molar-refractivity contribution in [2.24, 2.45) is 5.84 Å². The maximum Gasteiger partial charge on any atom is 0.425 e. The van der Waals surface area contributed by atoms with Crippen LogP contribution in [0.15, 0.2) is 12.0 Å². The monoisotopic (exact) mass is 244 g/mol. The van der Waals surface area contributed by atoms with E-state index < -0.39 is 17.5 Å². The third kappa shape index (κ3) is 4.52. The lowest BCUT2D eigenvalue weighted by Crippen LogP contribution is -2.42. The van der Waals surface area contributed by atoms with Crippen LogP contribution in [0.3, 0.4) is 0 Å². The molecule has 0 atom stereocenters. The number of nitrogens with zero attached hydrogens (tertiary/aromatic N) is 1. The SMILES string of the molecule is CC(C)(C)OC(=O)N(N)CC1=COC(C)(C)O1. The zero-order valence-corrected chi connectivity index (χ0v) is 10.9. The molecule has 0 radical (unpaired) electrons. The Balaban J connectivity index is 2.45. The molecular weight excluding hydrogens is 224 g/mol. The third-order valence-electron chi connectivity index (χ3n) is 1.81. The molecule has 1 heterocycles. The molecule has 1 amide bonds. The van der Waals surface area contributed by atoms with Gasteiger partial charge in [0, 0.05) is 13.8 Å². The molecule has 0 aromatic heterocycles. The van der Waals surface area contributed by atoms with Gasteiger partial charge in [-0.3, -0.25) is 0 Å². The van der Waals surface area contributed by atoms with E-state index in [9.17, 15) is 4.79 Å². The standard InChI is InChI=1S/C11H20N2O4/c1-10(2,3)17-9(14)13(12)6-8-7-15-11(4,5)16-8/h7H,6,12H2,1-5H3. The van der Waals surface area contributed by atoms with Crippen molar-refractivity contribution in [3.05, 3.63) is 12.0 Å². The zero-order valence-electron chi connectivity index (χ0n) is 10.9. The molecule has 98 valence electrons. The van der Waals surface area contributed by atoms with Crippen LogP contribution in [0.2, 0.25) is 0 Å². The topological polar surface area (TPSA) is 74.0 Å². The normalized spacial score (nSPS) is 17.9. The van der Waals surface area contributed by atoms with Gasteiger partial charge in [0.25, 0.3) is 0 Å². The van der Waals surface area contributed by atoms with E-state index in [4.69, 9.17) is 20.1 Å². The Morgan fingerprint density at radius 2 is 2.12 bits per heavy atom. The minimum absolute atomic E-state index is 0.109. The Kier molecular flexibility index (Phi) is 3.56. The Morgan fingerprint density at radius 3 is 2.53 bits per heavy atom. The largest absolute Gasteiger partial charge is 0.457 e. The molecule has 0 saturated heterocycles. The van der Waals surface area contributed by atoms with Crippen LogP contribution in [0.5, 0.6) is 0 Å². The number of carbonyl (C=O) groups is 1. The second-order valence-corrected chi connectivity index (χ2v) is 5.31. The van der Waals surface area contributed by atoms with Crippen LogP contribution >= 0.6 is 0 Å². The molecule has 0 aromatic rings. The molecule has 6 nitrogen and oxygen atoms in total. The van der Waals surface area contributed by atoms with Crippen molar-refractivity contribution in [2.45, 2.75) is 46.0 Å². The molecule has 1 aliphatic rings. The highest BCUT2D eigenvalue weighted by molar-refractivity contribution is 5.67. The van der Waals surface area contributed by atoms with Crippen LogP contribution in [0.1, 0.15) is 34.6 Å². The Labute approximate surface area is 101 Å². The highest BCUT2D eigenvalue weighted by Crippen LogP contribution is 2.24. The first-order valence-corrected chi connectivity index (χ1v) is 5.40. The Hall–Kier alpha value is -1.43. The van der Waals surface area contributed by atoms with E-state index in [1.807, 2.05) is 0 Å². The zero-order chi connectivity index (χ0) is 13.3. The lowest BCUT2D eigenvalue weighted by molar-refractivity contribution is -0.118. The molecule has 0 unspecified atom stereocenters. The summed E-state index contributed by atoms with van der Waals surface area (Å²) in [5.41, 5.74) is -0.574. The molecule has 0 spiro atoms. The smallest absolute Gasteiger partial charge is 0.425 e. The van der Waals surface area contributed by atoms with Gasteiger partial charge in [0.15, 0.2) is 5.76 Å². The summed E-state index contributed by atoms with van der Waals surface area (Å²) >= 11 is 0. The molecule has 0 saturated carbocycles. The van der Waals surface area contributed by atoms with E-state index in [0.29, 0.717) is 5.76 Å². The fourth-order valence-corrected chi connectivity index (χ4v) is 1.19. The summed E-state index contributed by atoms with van der Waals surface area (Å²) in [5, 5.41) is 0.946. The minimum atomic E-state index is -0.704. The minimum Gasteiger partial charge on any atom is -0.457 e. The molecule has 1 rings (SSSR count). The van der Waals surface area contributed by atoms with E-state index in [1.165, 1.54) is 6.26 Å². The van der Waals surface area contributed by atoms with E-state index in [1.54, 1.807) is 34.6 Å². The van der Waals surface area contributed by atoms with Crippen molar-refractivity contribution < 1.29 is 19.0 Å². The van der Waals surface area contributed by atoms with Crippen molar-refractivity contribution >= 4 is 6.09 Å². The Bertz CT molecular complexity index is 331. The summed E-state index contributed by atoms with van der Waals surface area (Å²) in [7, 11) is 0. The molecule has 6 heteroatoms. The highest BCUT2D eigenvalue weighted by atomic mass is 16.7. The number of hydrogen-bond acceptors (Lipinski definition) is 5. The molecule has 0 aromatic carbocycles. The quantitative estimate of drug-likeness (QED) is 0.455. The van der Waals surface area contributed by atoms with Gasteiger partial charge in [-0.1, -0.05) is 0 Å². The van der Waals surface area contributed by atoms with E-state index >= 15 is 0 Å². The summed E-state index contributed by atoms with van der Waals surface area (Å²) in [6.07, 6.45) is 0.844. The van der Waals surface area contributed by atoms with Gasteiger partial charge in [-0.2, -0.15) is 0 Å². The van der Waals surface area contributed by atoms with Crippen molar-refractivity contribution in [3.63, 3.8) is 0 Å². The van der Waals surface area contributed by atoms with Crippen molar-refractivity contribution in [1.29, 1.82) is 0 Å². The van der Waals surface area contributed by atoms with E-state index in [-0.39, 0.29) is 6.54 Å². The second kappa shape index (κ2) is 4.44. The first-order chi connectivity index (χ1) is 7.59. The average molecular weight is 244 g/mol. The molecular formula is C11H20N2O4. The van der Waals surface area contributed by atoms with Gasteiger partial charge in [-0.15, -0.1) is 0 Å². The number of hydrazine groups is 1. The van der Waals surface area contributed by atoms with Crippen molar-refractivity contribution in [2.75, 3.05) is 6.54 Å². The lowest BCUT2D eigenvalue weighted by Gasteiger charge is -2.24. The predicted octanol–water partition coefficient (Wildman–Crippen LogP) is 1.72. The molecule has 0 fully saturated rings. The second-order valence-electron chi connectivity index (χ2n) is 5.31. The first kappa shape index (κ1) is 13.6. The molecule has 17 heavy (non-hydrogen) atoms. The molecule has 0 aliphatic carbocycles. The summed E-state index contributed by atoms with van der Waals surface area (Å²) in [6.45, 7) is 8.97. The van der Waals surface area contributed by atoms with Gasteiger partial charge in [0.1, 0.15) is 18.4 Å². The van der Waals surface area contributed by atoms with Gasteiger partial charge >= 0.3 is 6.09 Å². The fourth-order valence-electron chi connectivity index (χ4n) is 1.19. The Morgan fingerprint density at radius 1 is 1.53 bits per heavy atom. The highest BCUT2D eigenvalue weighted by Gasteiger charge is 2.29. The summed E-state index contributed by atoms with van der Waals surface area (Å²) in [4.78, 5) is 11.6. The fraction of sp³-hybridized carbons (Fsp3) is 0.727. The summed E-state index contributed by atoms with van der Waals surface area (Å²) in [6, 6.07) is 0. The molecule has 2 N–H and O–H groups in total. The third-order valence-corrected chi connectivity index (χ3v) is 1.81. The lowest BCUT2D eigenvalue weighted by atomic mass is 10.2. The number of carbonyl (C=O) groups excluding carboxylic acids is 1. The van der Waals surface area contributed by atoms with Crippen molar-refractivity contribution in [1.82, 2.24) is 5.01 Å². The van der Waals surface area contributed by atoms with Gasteiger partial charge in [0.05, 0.1) is 0 Å². The number of nitrogens with two attached hydrogens (primary N) is 1. The predicted molar refractivity (Wildman–Crippen MR) is 61.5 cm³/mol. The van der Waals surface area contributed by atoms with Crippen LogP contribution < -0.4 is 5.84 Å². The van der Waals surface area contributed by atoms with Gasteiger partial charge < -0.3 is 14.2 Å². The summed E-state index contributed by atoms with van der Waals surface area (Å²) < 4.78 is 15.7. The van der Waals surface area contributed by atoms with Gasteiger partial charge in [-0.25, -0.2) is 15.6 Å². The number of amides is 1. The number of hydrogen-bond donors (Lipinski definition) is 1. The van der Waals surface area contributed by atoms with Crippen LogP contribution in [-0.4, -0.2) is 29.0 Å². The van der Waals surface area contributed by atoms with Crippen LogP contribution in [0.25, 0.3) is 0 Å². The van der Waals surface area contributed by atoms with Gasteiger partial charge in [0.2, 0.25) is 5.79 Å². The molecule has 0 bridgehead atoms. The maximum absolute atomic E-state index is 11.6. The van der Waals surface area contributed by atoms with E-state index in [2.05, 4.69) is 0 Å². The van der Waals surface area contributed by atoms with Crippen LogP contribution in [0.4, 0.5) is 4.79 Å². The van der Waals surface area contributed by atoms with Crippen molar-refractivity contribution in [3.8, 4) is 0 Å². The molecule has 1 aliphatic heterocycles. The number of ether oxygens (including phenoxy) is 3. The van der Waals surface area contributed by atoms with E-state index in [0.717, 1.165) is 5.01 Å². The number of rotatable bonds is 2. The summed E-state index contributed by atoms with van der Waals surface area (Å²) in [5.74, 6) is 5.36. The average Bonchev–Trinajstić information content (AvgIpc) is 2.42. The van der Waals surface area contributed by atoms with Gasteiger partial charge in [-0.05, 0) is 20.8 Å².